The van der Waals surface area contributed by atoms with Gasteiger partial charge in [-0.2, -0.15) is 13.2 Å². The molecule has 0 spiro atoms. The van der Waals surface area contributed by atoms with Crippen LogP contribution in [-0.4, -0.2) is 60.6 Å². The molecule has 1 heterocycles. The van der Waals surface area contributed by atoms with Gasteiger partial charge in [-0.05, 0) is 5.92 Å². The minimum Gasteiger partial charge on any atom is -0.339 e. The molecule has 0 aromatic rings. The van der Waals surface area contributed by atoms with E-state index in [1.165, 1.54) is 4.90 Å². The van der Waals surface area contributed by atoms with E-state index < -0.39 is 18.8 Å². The quantitative estimate of drug-likeness (QED) is 0.854. The molecule has 4 nitrogen and oxygen atoms in total. The third-order valence-electron chi connectivity index (χ3n) is 3.63. The molecule has 2 unspecified atom stereocenters. The third-order valence-corrected chi connectivity index (χ3v) is 3.63. The second-order valence-electron chi connectivity index (χ2n) is 5.13. The van der Waals surface area contributed by atoms with Crippen LogP contribution >= 0.6 is 12.4 Å². The number of hydrogen-bond donors (Lipinski definition) is 1. The Bertz CT molecular complexity index is 307. The predicted octanol–water partition coefficient (Wildman–Crippen LogP) is 1.49. The zero-order chi connectivity index (χ0) is 14.6. The van der Waals surface area contributed by atoms with Crippen LogP contribution in [-0.2, 0) is 4.79 Å². The number of piperazine rings is 1. The Morgan fingerprint density at radius 1 is 1.25 bits per heavy atom. The zero-order valence-corrected chi connectivity index (χ0v) is 12.6. The topological polar surface area (TPSA) is 49.6 Å². The SMILES string of the molecule is CCC(C)C(N)C(=O)N1CCN(CC(F)(F)F)CC1.Cl. The number of rotatable bonds is 4. The molecule has 2 atom stereocenters. The summed E-state index contributed by atoms with van der Waals surface area (Å²) in [5.41, 5.74) is 5.85. The van der Waals surface area contributed by atoms with Gasteiger partial charge >= 0.3 is 6.18 Å². The molecule has 0 aliphatic carbocycles. The summed E-state index contributed by atoms with van der Waals surface area (Å²) in [4.78, 5) is 14.9. The molecule has 1 rings (SSSR count). The van der Waals surface area contributed by atoms with Gasteiger partial charge in [0.25, 0.3) is 0 Å². The predicted molar refractivity (Wildman–Crippen MR) is 73.8 cm³/mol. The van der Waals surface area contributed by atoms with E-state index in [0.717, 1.165) is 6.42 Å². The Kier molecular flexibility index (Phi) is 7.83. The van der Waals surface area contributed by atoms with Crippen LogP contribution in [0.4, 0.5) is 13.2 Å². The summed E-state index contributed by atoms with van der Waals surface area (Å²) in [7, 11) is 0. The van der Waals surface area contributed by atoms with Crippen LogP contribution in [0.5, 0.6) is 0 Å². The second kappa shape index (κ2) is 8.05. The monoisotopic (exact) mass is 317 g/mol. The lowest BCUT2D eigenvalue weighted by Gasteiger charge is -2.36. The molecule has 8 heteroatoms. The number of halogens is 4. The number of amides is 1. The highest BCUT2D eigenvalue weighted by molar-refractivity contribution is 5.85. The summed E-state index contributed by atoms with van der Waals surface area (Å²) >= 11 is 0. The number of hydrogen-bond acceptors (Lipinski definition) is 3. The molecule has 0 aromatic heterocycles. The summed E-state index contributed by atoms with van der Waals surface area (Å²) in [6.45, 7) is 4.09. The molecular weight excluding hydrogens is 295 g/mol. The van der Waals surface area contributed by atoms with Gasteiger partial charge in [0, 0.05) is 26.2 Å². The molecule has 20 heavy (non-hydrogen) atoms. The molecule has 0 saturated carbocycles. The minimum atomic E-state index is -4.18. The first-order valence-corrected chi connectivity index (χ1v) is 6.58. The van der Waals surface area contributed by atoms with Crippen LogP contribution in [0.1, 0.15) is 20.3 Å². The summed E-state index contributed by atoms with van der Waals surface area (Å²) in [6.07, 6.45) is -3.37. The Morgan fingerprint density at radius 3 is 2.15 bits per heavy atom. The minimum absolute atomic E-state index is 0. The molecule has 0 aromatic carbocycles. The fourth-order valence-corrected chi connectivity index (χ4v) is 2.09. The van der Waals surface area contributed by atoms with Crippen molar-refractivity contribution in [2.75, 3.05) is 32.7 Å². The lowest BCUT2D eigenvalue weighted by Crippen LogP contribution is -2.55. The lowest BCUT2D eigenvalue weighted by atomic mass is 9.98. The maximum atomic E-state index is 12.2. The normalized spacial score (nSPS) is 20.2. The summed E-state index contributed by atoms with van der Waals surface area (Å²) in [5, 5.41) is 0. The van der Waals surface area contributed by atoms with Crippen molar-refractivity contribution in [2.24, 2.45) is 11.7 Å². The molecular formula is C12H23ClF3N3O. The zero-order valence-electron chi connectivity index (χ0n) is 11.8. The van der Waals surface area contributed by atoms with E-state index in [0.29, 0.717) is 13.1 Å². The first kappa shape index (κ1) is 19.5. The van der Waals surface area contributed by atoms with E-state index in [1.807, 2.05) is 13.8 Å². The van der Waals surface area contributed by atoms with Crippen LogP contribution < -0.4 is 5.73 Å². The van der Waals surface area contributed by atoms with Crippen molar-refractivity contribution in [1.82, 2.24) is 9.80 Å². The van der Waals surface area contributed by atoms with Crippen LogP contribution in [0.25, 0.3) is 0 Å². The van der Waals surface area contributed by atoms with Gasteiger partial charge in [-0.3, -0.25) is 9.69 Å². The highest BCUT2D eigenvalue weighted by Gasteiger charge is 2.34. The number of carbonyl (C=O) groups is 1. The molecule has 2 N–H and O–H groups in total. The van der Waals surface area contributed by atoms with Crippen LogP contribution in [0.3, 0.4) is 0 Å². The van der Waals surface area contributed by atoms with Crippen molar-refractivity contribution in [3.63, 3.8) is 0 Å². The van der Waals surface area contributed by atoms with Crippen molar-refractivity contribution in [2.45, 2.75) is 32.5 Å². The average molecular weight is 318 g/mol. The van der Waals surface area contributed by atoms with Crippen molar-refractivity contribution < 1.29 is 18.0 Å². The highest BCUT2D eigenvalue weighted by atomic mass is 35.5. The van der Waals surface area contributed by atoms with Crippen molar-refractivity contribution >= 4 is 18.3 Å². The standard InChI is InChI=1S/C12H22F3N3O.ClH/c1-3-9(2)10(16)11(19)18-6-4-17(5-7-18)8-12(13,14)15;/h9-10H,3-8,16H2,1-2H3;1H. The summed E-state index contributed by atoms with van der Waals surface area (Å²) in [5.74, 6) is -0.0679. The van der Waals surface area contributed by atoms with Crippen LogP contribution in [0.15, 0.2) is 0 Å². The molecule has 120 valence electrons. The number of carbonyl (C=O) groups excluding carboxylic acids is 1. The van der Waals surface area contributed by atoms with Crippen molar-refractivity contribution in [3.05, 3.63) is 0 Å². The maximum Gasteiger partial charge on any atom is 0.401 e. The Labute approximate surface area is 123 Å². The smallest absolute Gasteiger partial charge is 0.339 e. The molecule has 1 aliphatic rings. The second-order valence-corrected chi connectivity index (χ2v) is 5.13. The Hall–Kier alpha value is -0.530. The highest BCUT2D eigenvalue weighted by Crippen LogP contribution is 2.18. The van der Waals surface area contributed by atoms with Gasteiger partial charge in [0.2, 0.25) is 5.91 Å². The van der Waals surface area contributed by atoms with Crippen molar-refractivity contribution in [1.29, 1.82) is 0 Å². The largest absolute Gasteiger partial charge is 0.401 e. The average Bonchev–Trinajstić information content (AvgIpc) is 2.35. The van der Waals surface area contributed by atoms with Gasteiger partial charge in [-0.1, -0.05) is 20.3 Å². The maximum absolute atomic E-state index is 12.2. The Morgan fingerprint density at radius 2 is 1.75 bits per heavy atom. The fourth-order valence-electron chi connectivity index (χ4n) is 2.09. The van der Waals surface area contributed by atoms with Crippen LogP contribution in [0.2, 0.25) is 0 Å². The molecule has 1 saturated heterocycles. The van der Waals surface area contributed by atoms with Gasteiger partial charge in [-0.25, -0.2) is 0 Å². The van der Waals surface area contributed by atoms with E-state index in [4.69, 9.17) is 5.73 Å². The van der Waals surface area contributed by atoms with Crippen molar-refractivity contribution in [3.8, 4) is 0 Å². The summed E-state index contributed by atoms with van der Waals surface area (Å²) < 4.78 is 36.7. The van der Waals surface area contributed by atoms with Gasteiger partial charge in [-0.15, -0.1) is 12.4 Å². The lowest BCUT2D eigenvalue weighted by molar-refractivity contribution is -0.152. The van der Waals surface area contributed by atoms with E-state index in [1.54, 1.807) is 4.90 Å². The van der Waals surface area contributed by atoms with Gasteiger partial charge in [0.1, 0.15) is 0 Å². The van der Waals surface area contributed by atoms with E-state index in [-0.39, 0.29) is 37.3 Å². The van der Waals surface area contributed by atoms with E-state index >= 15 is 0 Å². The Balaban J connectivity index is 0.00000361. The van der Waals surface area contributed by atoms with Gasteiger partial charge in [0.15, 0.2) is 0 Å². The van der Waals surface area contributed by atoms with Gasteiger partial charge in [0.05, 0.1) is 12.6 Å². The number of alkyl halides is 3. The first-order valence-electron chi connectivity index (χ1n) is 6.58. The molecule has 1 fully saturated rings. The molecule has 0 bridgehead atoms. The van der Waals surface area contributed by atoms with E-state index in [2.05, 4.69) is 0 Å². The molecule has 1 aliphatic heterocycles. The van der Waals surface area contributed by atoms with E-state index in [9.17, 15) is 18.0 Å². The summed E-state index contributed by atoms with van der Waals surface area (Å²) in [6, 6.07) is -0.556. The fraction of sp³-hybridized carbons (Fsp3) is 0.917. The third kappa shape index (κ3) is 5.85. The molecule has 1 amide bonds. The van der Waals surface area contributed by atoms with Crippen LogP contribution in [0, 0.1) is 5.92 Å². The van der Waals surface area contributed by atoms with Gasteiger partial charge < -0.3 is 10.6 Å². The molecule has 0 radical (unpaired) electrons. The first-order chi connectivity index (χ1) is 8.74. The number of nitrogens with zero attached hydrogens (tertiary/aromatic N) is 2. The number of nitrogens with two attached hydrogens (primary N) is 1.